The maximum atomic E-state index is 11.9. The lowest BCUT2D eigenvalue weighted by atomic mass is 9.87. The first kappa shape index (κ1) is 12.5. The molecule has 0 aromatic rings. The van der Waals surface area contributed by atoms with Gasteiger partial charge in [0.2, 0.25) is 5.91 Å². The molecule has 1 rings (SSSR count). The lowest BCUT2D eigenvalue weighted by molar-refractivity contribution is -0.145. The number of rotatable bonds is 3. The summed E-state index contributed by atoms with van der Waals surface area (Å²) >= 11 is 0. The van der Waals surface area contributed by atoms with Crippen LogP contribution in [0.4, 0.5) is 0 Å². The van der Waals surface area contributed by atoms with Crippen molar-refractivity contribution in [1.29, 1.82) is 5.26 Å². The van der Waals surface area contributed by atoms with Crippen LogP contribution in [0.1, 0.15) is 32.6 Å². The SMILES string of the molecule is COC(=O)[C@@H](C)NC(=O)C1(C#N)CCCC1. The molecule has 16 heavy (non-hydrogen) atoms. The number of nitrogens with zero attached hydrogens (tertiary/aromatic N) is 1. The van der Waals surface area contributed by atoms with Gasteiger partial charge in [0.05, 0.1) is 13.2 Å². The van der Waals surface area contributed by atoms with Crippen LogP contribution in [0, 0.1) is 16.7 Å². The van der Waals surface area contributed by atoms with Crippen LogP contribution in [0.5, 0.6) is 0 Å². The number of hydrogen-bond donors (Lipinski definition) is 1. The van der Waals surface area contributed by atoms with Gasteiger partial charge in [0.25, 0.3) is 0 Å². The van der Waals surface area contributed by atoms with Gasteiger partial charge >= 0.3 is 5.97 Å². The van der Waals surface area contributed by atoms with Crippen LogP contribution in [-0.2, 0) is 14.3 Å². The molecule has 0 unspecified atom stereocenters. The predicted octanol–water partition coefficient (Wildman–Crippen LogP) is 0.748. The summed E-state index contributed by atoms with van der Waals surface area (Å²) in [5, 5.41) is 11.6. The van der Waals surface area contributed by atoms with Gasteiger partial charge in [0.1, 0.15) is 11.5 Å². The minimum Gasteiger partial charge on any atom is -0.467 e. The van der Waals surface area contributed by atoms with Crippen LogP contribution in [0.15, 0.2) is 0 Å². The Balaban J connectivity index is 2.64. The first-order chi connectivity index (χ1) is 7.55. The molecular formula is C11H16N2O3. The molecule has 0 bridgehead atoms. The molecule has 0 aromatic heterocycles. The summed E-state index contributed by atoms with van der Waals surface area (Å²) in [6.07, 6.45) is 2.91. The highest BCUT2D eigenvalue weighted by molar-refractivity contribution is 5.89. The van der Waals surface area contributed by atoms with E-state index in [1.54, 1.807) is 6.92 Å². The second-order valence-corrected chi connectivity index (χ2v) is 4.12. The zero-order valence-corrected chi connectivity index (χ0v) is 9.58. The standard InChI is InChI=1S/C11H16N2O3/c1-8(9(14)16-2)13-10(15)11(7-12)5-3-4-6-11/h8H,3-6H2,1-2H3,(H,13,15)/t8-/m1/s1. The van der Waals surface area contributed by atoms with E-state index in [1.165, 1.54) is 7.11 Å². The molecule has 0 saturated heterocycles. The van der Waals surface area contributed by atoms with Gasteiger partial charge in [-0.3, -0.25) is 4.79 Å². The van der Waals surface area contributed by atoms with Crippen molar-refractivity contribution in [2.75, 3.05) is 7.11 Å². The smallest absolute Gasteiger partial charge is 0.328 e. The molecule has 1 aliphatic carbocycles. The van der Waals surface area contributed by atoms with E-state index >= 15 is 0 Å². The number of nitriles is 1. The van der Waals surface area contributed by atoms with Crippen LogP contribution in [0.25, 0.3) is 0 Å². The average Bonchev–Trinajstić information content (AvgIpc) is 2.77. The minimum atomic E-state index is -0.942. The van der Waals surface area contributed by atoms with Gasteiger partial charge < -0.3 is 10.1 Å². The van der Waals surface area contributed by atoms with E-state index in [4.69, 9.17) is 5.26 Å². The van der Waals surface area contributed by atoms with Gasteiger partial charge in [-0.15, -0.1) is 0 Å². The largest absolute Gasteiger partial charge is 0.467 e. The van der Waals surface area contributed by atoms with Crippen molar-refractivity contribution in [3.8, 4) is 6.07 Å². The molecule has 5 nitrogen and oxygen atoms in total. The number of carbonyl (C=O) groups is 2. The number of carbonyl (C=O) groups excluding carboxylic acids is 2. The van der Waals surface area contributed by atoms with Crippen molar-refractivity contribution in [3.63, 3.8) is 0 Å². The summed E-state index contributed by atoms with van der Waals surface area (Å²) in [5.74, 6) is -0.857. The van der Waals surface area contributed by atoms with E-state index in [0.717, 1.165) is 12.8 Å². The summed E-state index contributed by atoms with van der Waals surface area (Å²) < 4.78 is 4.51. The monoisotopic (exact) mass is 224 g/mol. The fourth-order valence-corrected chi connectivity index (χ4v) is 1.94. The number of amides is 1. The number of esters is 1. The molecule has 1 N–H and O–H groups in total. The third kappa shape index (κ3) is 2.32. The van der Waals surface area contributed by atoms with Gasteiger partial charge in [-0.1, -0.05) is 12.8 Å². The van der Waals surface area contributed by atoms with Gasteiger partial charge in [0, 0.05) is 0 Å². The second kappa shape index (κ2) is 4.97. The minimum absolute atomic E-state index is 0.356. The molecule has 88 valence electrons. The normalized spacial score (nSPS) is 19.6. The molecule has 0 spiro atoms. The third-order valence-corrected chi connectivity index (χ3v) is 3.01. The predicted molar refractivity (Wildman–Crippen MR) is 56.1 cm³/mol. The lowest BCUT2D eigenvalue weighted by Crippen LogP contribution is -2.46. The Bertz CT molecular complexity index is 327. The summed E-state index contributed by atoms with van der Waals surface area (Å²) in [6.45, 7) is 1.55. The van der Waals surface area contributed by atoms with Gasteiger partial charge in [-0.05, 0) is 19.8 Å². The Labute approximate surface area is 94.8 Å². The number of methoxy groups -OCH3 is 1. The van der Waals surface area contributed by atoms with Gasteiger partial charge in [0.15, 0.2) is 0 Å². The molecule has 0 heterocycles. The summed E-state index contributed by atoms with van der Waals surface area (Å²) in [7, 11) is 1.26. The van der Waals surface area contributed by atoms with Crippen molar-refractivity contribution < 1.29 is 14.3 Å². The number of nitrogens with one attached hydrogen (secondary N) is 1. The van der Waals surface area contributed by atoms with Crippen LogP contribution >= 0.6 is 0 Å². The highest BCUT2D eigenvalue weighted by atomic mass is 16.5. The van der Waals surface area contributed by atoms with E-state index in [0.29, 0.717) is 12.8 Å². The molecular weight excluding hydrogens is 208 g/mol. The summed E-state index contributed by atoms with van der Waals surface area (Å²) in [5.41, 5.74) is -0.942. The van der Waals surface area contributed by atoms with E-state index < -0.39 is 17.4 Å². The first-order valence-electron chi connectivity index (χ1n) is 5.36. The van der Waals surface area contributed by atoms with Crippen LogP contribution < -0.4 is 5.32 Å². The number of ether oxygens (including phenoxy) is 1. The van der Waals surface area contributed by atoms with Crippen molar-refractivity contribution in [2.24, 2.45) is 5.41 Å². The summed E-state index contributed by atoms with van der Waals surface area (Å²) in [6, 6.07) is 1.37. The fourth-order valence-electron chi connectivity index (χ4n) is 1.94. The Morgan fingerprint density at radius 3 is 2.44 bits per heavy atom. The molecule has 0 aliphatic heterocycles. The lowest BCUT2D eigenvalue weighted by Gasteiger charge is -2.21. The third-order valence-electron chi connectivity index (χ3n) is 3.01. The molecule has 5 heteroatoms. The molecule has 1 saturated carbocycles. The quantitative estimate of drug-likeness (QED) is 0.717. The van der Waals surface area contributed by atoms with E-state index in [-0.39, 0.29) is 5.91 Å². The Hall–Kier alpha value is -1.57. The highest BCUT2D eigenvalue weighted by Crippen LogP contribution is 2.37. The molecule has 0 radical (unpaired) electrons. The summed E-state index contributed by atoms with van der Waals surface area (Å²) in [4.78, 5) is 23.0. The van der Waals surface area contributed by atoms with E-state index in [2.05, 4.69) is 16.1 Å². The highest BCUT2D eigenvalue weighted by Gasteiger charge is 2.42. The van der Waals surface area contributed by atoms with Crippen molar-refractivity contribution in [3.05, 3.63) is 0 Å². The van der Waals surface area contributed by atoms with E-state index in [9.17, 15) is 9.59 Å². The van der Waals surface area contributed by atoms with Crippen LogP contribution in [0.3, 0.4) is 0 Å². The Kier molecular flexibility index (Phi) is 3.88. The number of hydrogen-bond acceptors (Lipinski definition) is 4. The van der Waals surface area contributed by atoms with Crippen LogP contribution in [-0.4, -0.2) is 25.0 Å². The van der Waals surface area contributed by atoms with Crippen molar-refractivity contribution >= 4 is 11.9 Å². The van der Waals surface area contributed by atoms with Gasteiger partial charge in [-0.25, -0.2) is 4.79 Å². The molecule has 1 fully saturated rings. The zero-order chi connectivity index (χ0) is 12.2. The Morgan fingerprint density at radius 1 is 1.44 bits per heavy atom. The molecule has 1 amide bonds. The van der Waals surface area contributed by atoms with Crippen LogP contribution in [0.2, 0.25) is 0 Å². The van der Waals surface area contributed by atoms with Crippen molar-refractivity contribution in [1.82, 2.24) is 5.32 Å². The topological polar surface area (TPSA) is 79.2 Å². The molecule has 1 atom stereocenters. The van der Waals surface area contributed by atoms with Crippen molar-refractivity contribution in [2.45, 2.75) is 38.6 Å². The van der Waals surface area contributed by atoms with E-state index in [1.807, 2.05) is 0 Å². The maximum Gasteiger partial charge on any atom is 0.328 e. The zero-order valence-electron chi connectivity index (χ0n) is 9.58. The second-order valence-electron chi connectivity index (χ2n) is 4.12. The van der Waals surface area contributed by atoms with Gasteiger partial charge in [-0.2, -0.15) is 5.26 Å². The average molecular weight is 224 g/mol. The maximum absolute atomic E-state index is 11.9. The molecule has 1 aliphatic rings. The fraction of sp³-hybridized carbons (Fsp3) is 0.727. The molecule has 0 aromatic carbocycles. The Morgan fingerprint density at radius 2 is 2.00 bits per heavy atom. The first-order valence-corrected chi connectivity index (χ1v) is 5.36.